The molecule has 0 aromatic heterocycles. The molecule has 1 aliphatic rings. The second-order valence-electron chi connectivity index (χ2n) is 10.9. The van der Waals surface area contributed by atoms with Crippen LogP contribution in [0.4, 0.5) is 4.79 Å². The normalized spacial score (nSPS) is 15.4. The predicted molar refractivity (Wildman–Crippen MR) is 129 cm³/mol. The Hall–Kier alpha value is -1.10. The minimum Gasteiger partial charge on any atom is -0.381 e. The fourth-order valence-corrected chi connectivity index (χ4v) is 4.58. The molecule has 3 amide bonds. The summed E-state index contributed by atoms with van der Waals surface area (Å²) in [5, 5.41) is 0. The molecule has 0 atom stereocenters. The first-order valence-corrected chi connectivity index (χ1v) is 12.8. The summed E-state index contributed by atoms with van der Waals surface area (Å²) in [7, 11) is 0. The van der Waals surface area contributed by atoms with Gasteiger partial charge in [0.05, 0.1) is 0 Å². The van der Waals surface area contributed by atoms with Crippen molar-refractivity contribution in [1.29, 1.82) is 0 Å². The molecule has 0 aromatic carbocycles. The molecule has 31 heavy (non-hydrogen) atoms. The van der Waals surface area contributed by atoms with E-state index in [0.717, 1.165) is 38.9 Å². The van der Waals surface area contributed by atoms with Gasteiger partial charge in [0.15, 0.2) is 0 Å². The van der Waals surface area contributed by atoms with Crippen LogP contribution in [0.5, 0.6) is 0 Å². The van der Waals surface area contributed by atoms with E-state index in [0.29, 0.717) is 23.9 Å². The molecule has 182 valence electrons. The zero-order valence-corrected chi connectivity index (χ0v) is 21.4. The van der Waals surface area contributed by atoms with Gasteiger partial charge in [-0.25, -0.2) is 4.79 Å². The van der Waals surface area contributed by atoms with Crippen LogP contribution in [0.15, 0.2) is 0 Å². The molecule has 1 aliphatic heterocycles. The third kappa shape index (κ3) is 11.4. The summed E-state index contributed by atoms with van der Waals surface area (Å²) in [6.07, 6.45) is 13.0. The lowest BCUT2D eigenvalue weighted by atomic mass is 9.82. The number of urea groups is 1. The van der Waals surface area contributed by atoms with Crippen molar-refractivity contribution < 1.29 is 14.3 Å². The number of carbonyl (C=O) groups is 2. The van der Waals surface area contributed by atoms with Gasteiger partial charge in [-0.1, -0.05) is 60.3 Å². The Morgan fingerprint density at radius 2 is 1.29 bits per heavy atom. The van der Waals surface area contributed by atoms with Crippen molar-refractivity contribution in [2.45, 2.75) is 112 Å². The van der Waals surface area contributed by atoms with Gasteiger partial charge in [-0.3, -0.25) is 9.69 Å². The van der Waals surface area contributed by atoms with Crippen molar-refractivity contribution in [3.05, 3.63) is 0 Å². The highest BCUT2D eigenvalue weighted by Gasteiger charge is 2.34. The fraction of sp³-hybridized carbons (Fsp3) is 0.923. The Bertz CT molecular complexity index is 531. The zero-order valence-electron chi connectivity index (χ0n) is 21.4. The molecule has 0 saturated carbocycles. The number of ether oxygens (including phenoxy) is 1. The summed E-state index contributed by atoms with van der Waals surface area (Å²) >= 11 is 0. The number of imide groups is 1. The molecule has 0 spiro atoms. The molecule has 1 heterocycles. The van der Waals surface area contributed by atoms with Crippen LogP contribution in [-0.4, -0.2) is 54.6 Å². The van der Waals surface area contributed by atoms with Crippen molar-refractivity contribution in [2.24, 2.45) is 10.8 Å². The molecule has 0 aromatic rings. The van der Waals surface area contributed by atoms with Crippen LogP contribution in [0.2, 0.25) is 0 Å². The molecule has 5 nitrogen and oxygen atoms in total. The van der Waals surface area contributed by atoms with Gasteiger partial charge in [-0.2, -0.15) is 0 Å². The van der Waals surface area contributed by atoms with Crippen LogP contribution < -0.4 is 0 Å². The van der Waals surface area contributed by atoms with Gasteiger partial charge in [-0.05, 0) is 62.7 Å². The SMILES string of the molecule is CCCC(C)(C)CCCCOCCCCC(C)(C)CCCCN1C(=O)CN(CC)C1=O. The number of amides is 3. The van der Waals surface area contributed by atoms with Crippen LogP contribution in [0.3, 0.4) is 0 Å². The molecule has 5 heteroatoms. The molecule has 0 aliphatic carbocycles. The van der Waals surface area contributed by atoms with Gasteiger partial charge in [0, 0.05) is 26.3 Å². The van der Waals surface area contributed by atoms with Crippen LogP contribution in [0.25, 0.3) is 0 Å². The molecular weight excluding hydrogens is 388 g/mol. The number of hydrogen-bond acceptors (Lipinski definition) is 3. The van der Waals surface area contributed by atoms with Crippen molar-refractivity contribution >= 4 is 11.9 Å². The van der Waals surface area contributed by atoms with E-state index in [1.54, 1.807) is 4.90 Å². The Labute approximate surface area is 192 Å². The minimum atomic E-state index is -0.114. The van der Waals surface area contributed by atoms with Gasteiger partial charge in [0.2, 0.25) is 5.91 Å². The molecule has 0 N–H and O–H groups in total. The van der Waals surface area contributed by atoms with Crippen LogP contribution in [0, 0.1) is 10.8 Å². The van der Waals surface area contributed by atoms with E-state index in [2.05, 4.69) is 34.6 Å². The summed E-state index contributed by atoms with van der Waals surface area (Å²) < 4.78 is 5.84. The maximum atomic E-state index is 12.1. The molecular formula is C26H50N2O3. The maximum Gasteiger partial charge on any atom is 0.327 e. The molecule has 1 fully saturated rings. The van der Waals surface area contributed by atoms with E-state index in [1.807, 2.05) is 6.92 Å². The first kappa shape index (κ1) is 27.9. The fourth-order valence-electron chi connectivity index (χ4n) is 4.58. The summed E-state index contributed by atoms with van der Waals surface area (Å²) in [6.45, 7) is 16.8. The molecule has 1 saturated heterocycles. The topological polar surface area (TPSA) is 49.9 Å². The lowest BCUT2D eigenvalue weighted by Gasteiger charge is -2.25. The summed E-state index contributed by atoms with van der Waals surface area (Å²) in [5.41, 5.74) is 0.787. The highest BCUT2D eigenvalue weighted by Crippen LogP contribution is 2.30. The van der Waals surface area contributed by atoms with Gasteiger partial charge in [0.1, 0.15) is 6.54 Å². The minimum absolute atomic E-state index is 0.0456. The maximum absolute atomic E-state index is 12.1. The summed E-state index contributed by atoms with van der Waals surface area (Å²) in [6, 6.07) is -0.114. The summed E-state index contributed by atoms with van der Waals surface area (Å²) in [5.74, 6) is -0.0456. The monoisotopic (exact) mass is 438 g/mol. The molecule has 1 rings (SSSR count). The lowest BCUT2D eigenvalue weighted by Crippen LogP contribution is -2.33. The highest BCUT2D eigenvalue weighted by atomic mass is 16.5. The molecule has 0 bridgehead atoms. The predicted octanol–water partition coefficient (Wildman–Crippen LogP) is 6.65. The van der Waals surface area contributed by atoms with E-state index in [1.165, 1.54) is 49.8 Å². The Balaban J connectivity index is 2.03. The zero-order chi connectivity index (χ0) is 23.3. The average molecular weight is 439 g/mol. The van der Waals surface area contributed by atoms with E-state index < -0.39 is 0 Å². The molecule has 0 unspecified atom stereocenters. The van der Waals surface area contributed by atoms with E-state index >= 15 is 0 Å². The van der Waals surface area contributed by atoms with Gasteiger partial charge in [0.25, 0.3) is 0 Å². The number of hydrogen-bond donors (Lipinski definition) is 0. The third-order valence-corrected chi connectivity index (χ3v) is 6.71. The van der Waals surface area contributed by atoms with E-state index in [4.69, 9.17) is 4.74 Å². The quantitative estimate of drug-likeness (QED) is 0.178. The van der Waals surface area contributed by atoms with E-state index in [9.17, 15) is 9.59 Å². The van der Waals surface area contributed by atoms with Crippen molar-refractivity contribution in [2.75, 3.05) is 32.8 Å². The first-order chi connectivity index (χ1) is 14.6. The second-order valence-corrected chi connectivity index (χ2v) is 10.9. The van der Waals surface area contributed by atoms with Gasteiger partial charge >= 0.3 is 6.03 Å². The molecule has 0 radical (unpaired) electrons. The third-order valence-electron chi connectivity index (χ3n) is 6.71. The Kier molecular flexibility index (Phi) is 12.7. The average Bonchev–Trinajstić information content (AvgIpc) is 2.97. The number of carbonyl (C=O) groups excluding carboxylic acids is 2. The Morgan fingerprint density at radius 3 is 1.77 bits per heavy atom. The number of likely N-dealkylation sites (N-methyl/N-ethyl adjacent to an activating group) is 1. The van der Waals surface area contributed by atoms with Crippen LogP contribution in [-0.2, 0) is 9.53 Å². The van der Waals surface area contributed by atoms with Crippen molar-refractivity contribution in [3.8, 4) is 0 Å². The summed E-state index contributed by atoms with van der Waals surface area (Å²) in [4.78, 5) is 27.1. The van der Waals surface area contributed by atoms with Gasteiger partial charge in [-0.15, -0.1) is 0 Å². The Morgan fingerprint density at radius 1 is 0.774 bits per heavy atom. The standard InChI is InChI=1S/C26H50N2O3/c1-7-15-25(3,4)17-10-13-20-31-21-14-11-18-26(5,6)16-9-12-19-28-23(29)22-27(8-2)24(28)30/h7-22H2,1-6H3. The first-order valence-electron chi connectivity index (χ1n) is 12.8. The highest BCUT2D eigenvalue weighted by molar-refractivity contribution is 6.01. The lowest BCUT2D eigenvalue weighted by molar-refractivity contribution is -0.125. The number of rotatable bonds is 18. The smallest absolute Gasteiger partial charge is 0.327 e. The van der Waals surface area contributed by atoms with E-state index in [-0.39, 0.29) is 18.5 Å². The number of unbranched alkanes of at least 4 members (excludes halogenated alkanes) is 3. The number of nitrogens with zero attached hydrogens (tertiary/aromatic N) is 2. The van der Waals surface area contributed by atoms with Gasteiger partial charge < -0.3 is 9.64 Å². The van der Waals surface area contributed by atoms with Crippen molar-refractivity contribution in [1.82, 2.24) is 9.80 Å². The largest absolute Gasteiger partial charge is 0.381 e. The van der Waals surface area contributed by atoms with Crippen molar-refractivity contribution in [3.63, 3.8) is 0 Å². The van der Waals surface area contributed by atoms with Crippen LogP contribution >= 0.6 is 0 Å². The van der Waals surface area contributed by atoms with Crippen LogP contribution in [0.1, 0.15) is 112 Å². The second kappa shape index (κ2) is 14.1.